The number of halogens is 1. The molecule has 0 radical (unpaired) electrons. The van der Waals surface area contributed by atoms with Crippen LogP contribution in [0, 0.1) is 6.92 Å². The molecule has 4 rings (SSSR count). The summed E-state index contributed by atoms with van der Waals surface area (Å²) in [5.74, 6) is 0.650. The van der Waals surface area contributed by atoms with Crippen molar-refractivity contribution in [3.05, 3.63) is 75.2 Å². The van der Waals surface area contributed by atoms with Gasteiger partial charge in [0.1, 0.15) is 17.5 Å². The molecule has 1 saturated heterocycles. The van der Waals surface area contributed by atoms with E-state index in [-0.39, 0.29) is 12.0 Å². The maximum Gasteiger partial charge on any atom is 0.270 e. The van der Waals surface area contributed by atoms with Gasteiger partial charge in [-0.2, -0.15) is 0 Å². The predicted octanol–water partition coefficient (Wildman–Crippen LogP) is 4.62. The van der Waals surface area contributed by atoms with E-state index in [1.54, 1.807) is 5.38 Å². The fourth-order valence-corrected chi connectivity index (χ4v) is 4.66. The molecule has 3 aromatic rings. The first-order chi connectivity index (χ1) is 16.0. The molecule has 0 bridgehead atoms. The van der Waals surface area contributed by atoms with Gasteiger partial charge in [0.15, 0.2) is 0 Å². The summed E-state index contributed by atoms with van der Waals surface area (Å²) in [7, 11) is 0. The highest BCUT2D eigenvalue weighted by atomic mass is 35.5. The smallest absolute Gasteiger partial charge is 0.270 e. The monoisotopic (exact) mass is 484 g/mol. The second-order valence-corrected chi connectivity index (χ2v) is 9.78. The summed E-state index contributed by atoms with van der Waals surface area (Å²) in [6, 6.07) is 16.3. The molecule has 1 atom stereocenters. The number of aryl methyl sites for hydroxylation is 1. The van der Waals surface area contributed by atoms with Crippen LogP contribution in [0.15, 0.2) is 53.9 Å². The van der Waals surface area contributed by atoms with Crippen LogP contribution in [0.25, 0.3) is 0 Å². The predicted molar refractivity (Wildman–Crippen MR) is 135 cm³/mol. The van der Waals surface area contributed by atoms with Crippen LogP contribution < -0.4 is 15.0 Å². The number of carbonyl (C=O) groups is 1. The summed E-state index contributed by atoms with van der Waals surface area (Å²) >= 11 is 7.61. The van der Waals surface area contributed by atoms with Crippen molar-refractivity contribution in [2.24, 2.45) is 0 Å². The first kappa shape index (κ1) is 23.5. The van der Waals surface area contributed by atoms with Gasteiger partial charge in [-0.1, -0.05) is 29.8 Å². The summed E-state index contributed by atoms with van der Waals surface area (Å²) in [6.45, 7) is 9.09. The molecule has 1 aliphatic rings. The van der Waals surface area contributed by atoms with Gasteiger partial charge in [-0.15, -0.1) is 11.3 Å². The normalized spacial score (nSPS) is 15.3. The zero-order valence-corrected chi connectivity index (χ0v) is 20.5. The van der Waals surface area contributed by atoms with E-state index in [9.17, 15) is 4.79 Å². The summed E-state index contributed by atoms with van der Waals surface area (Å²) in [5, 5.41) is 6.32. The highest BCUT2D eigenvalue weighted by molar-refractivity contribution is 7.09. The van der Waals surface area contributed by atoms with Gasteiger partial charge < -0.3 is 15.0 Å². The van der Waals surface area contributed by atoms with Crippen molar-refractivity contribution in [1.29, 1.82) is 0 Å². The Morgan fingerprint density at radius 2 is 1.97 bits per heavy atom. The number of hydrogen-bond acceptors (Lipinski definition) is 6. The van der Waals surface area contributed by atoms with E-state index in [0.717, 1.165) is 48.5 Å². The van der Waals surface area contributed by atoms with Gasteiger partial charge >= 0.3 is 0 Å². The Bertz CT molecular complexity index is 1080. The molecule has 0 saturated carbocycles. The molecular weight excluding hydrogens is 456 g/mol. The SMILES string of the molecule is Cc1nc(C(=O)NCC(C)Oc2cccc(CN3CCN(c4cccc(Cl)c4)CC3)c2)cs1. The van der Waals surface area contributed by atoms with Crippen molar-refractivity contribution in [2.75, 3.05) is 37.6 Å². The molecule has 1 fully saturated rings. The molecule has 174 valence electrons. The summed E-state index contributed by atoms with van der Waals surface area (Å²) < 4.78 is 6.05. The van der Waals surface area contributed by atoms with Crippen molar-refractivity contribution in [3.63, 3.8) is 0 Å². The lowest BCUT2D eigenvalue weighted by Gasteiger charge is -2.36. The Hall–Kier alpha value is -2.61. The fourth-order valence-electron chi connectivity index (χ4n) is 3.88. The first-order valence-electron chi connectivity index (χ1n) is 11.1. The molecule has 2 heterocycles. The van der Waals surface area contributed by atoms with Crippen molar-refractivity contribution in [3.8, 4) is 5.75 Å². The maximum atomic E-state index is 12.2. The van der Waals surface area contributed by atoms with E-state index in [1.807, 2.05) is 44.2 Å². The number of carbonyl (C=O) groups excluding carboxylic acids is 1. The number of rotatable bonds is 8. The van der Waals surface area contributed by atoms with Crippen LogP contribution in [0.2, 0.25) is 5.02 Å². The van der Waals surface area contributed by atoms with E-state index in [4.69, 9.17) is 16.3 Å². The standard InChI is InChI=1S/C25H29ClN4O2S/c1-18(15-27-25(31)24-17-33-19(2)28-24)32-23-8-3-5-20(13-23)16-29-9-11-30(12-10-29)22-7-4-6-21(26)14-22/h3-8,13-14,17-18H,9-12,15-16H2,1-2H3,(H,27,31). The number of amides is 1. The number of thiazole rings is 1. The zero-order chi connectivity index (χ0) is 23.2. The average molecular weight is 485 g/mol. The van der Waals surface area contributed by atoms with Crippen LogP contribution >= 0.6 is 22.9 Å². The van der Waals surface area contributed by atoms with E-state index in [0.29, 0.717) is 12.2 Å². The van der Waals surface area contributed by atoms with Crippen molar-refractivity contribution < 1.29 is 9.53 Å². The highest BCUT2D eigenvalue weighted by Crippen LogP contribution is 2.22. The number of ether oxygens (including phenoxy) is 1. The minimum Gasteiger partial charge on any atom is -0.489 e. The van der Waals surface area contributed by atoms with Gasteiger partial charge in [0, 0.05) is 48.8 Å². The lowest BCUT2D eigenvalue weighted by molar-refractivity contribution is 0.0927. The van der Waals surface area contributed by atoms with Gasteiger partial charge in [0.2, 0.25) is 0 Å². The molecular formula is C25H29ClN4O2S. The average Bonchev–Trinajstić information content (AvgIpc) is 3.25. The Balaban J connectivity index is 1.24. The maximum absolute atomic E-state index is 12.2. The van der Waals surface area contributed by atoms with Crippen LogP contribution in [0.5, 0.6) is 5.75 Å². The second-order valence-electron chi connectivity index (χ2n) is 8.28. The third-order valence-electron chi connectivity index (χ3n) is 5.59. The summed E-state index contributed by atoms with van der Waals surface area (Å²) in [5.41, 5.74) is 2.86. The van der Waals surface area contributed by atoms with Crippen molar-refractivity contribution in [2.45, 2.75) is 26.5 Å². The van der Waals surface area contributed by atoms with Gasteiger partial charge in [0.05, 0.1) is 11.6 Å². The summed E-state index contributed by atoms with van der Waals surface area (Å²) in [4.78, 5) is 21.2. The molecule has 33 heavy (non-hydrogen) atoms. The number of benzene rings is 2. The number of anilines is 1. The number of aromatic nitrogens is 1. The topological polar surface area (TPSA) is 57.7 Å². The molecule has 8 heteroatoms. The fraction of sp³-hybridized carbons (Fsp3) is 0.360. The number of piperazine rings is 1. The molecule has 0 spiro atoms. The molecule has 0 aliphatic carbocycles. The zero-order valence-electron chi connectivity index (χ0n) is 19.0. The highest BCUT2D eigenvalue weighted by Gasteiger charge is 2.18. The molecule has 1 N–H and O–H groups in total. The minimum atomic E-state index is -0.166. The van der Waals surface area contributed by atoms with E-state index in [1.165, 1.54) is 22.6 Å². The van der Waals surface area contributed by atoms with Crippen molar-refractivity contribution >= 4 is 34.5 Å². The van der Waals surface area contributed by atoms with E-state index < -0.39 is 0 Å². The number of nitrogens with one attached hydrogen (secondary N) is 1. The number of hydrogen-bond donors (Lipinski definition) is 1. The molecule has 1 aromatic heterocycles. The lowest BCUT2D eigenvalue weighted by Crippen LogP contribution is -2.45. The van der Waals surface area contributed by atoms with Gasteiger partial charge in [0.25, 0.3) is 5.91 Å². The van der Waals surface area contributed by atoms with Crippen LogP contribution in [0.4, 0.5) is 5.69 Å². The number of nitrogens with zero attached hydrogens (tertiary/aromatic N) is 3. The van der Waals surface area contributed by atoms with Gasteiger partial charge in [-0.05, 0) is 49.7 Å². The Labute approximate surface area is 204 Å². The molecule has 2 aromatic carbocycles. The lowest BCUT2D eigenvalue weighted by atomic mass is 10.1. The van der Waals surface area contributed by atoms with Crippen LogP contribution in [-0.4, -0.2) is 54.6 Å². The van der Waals surface area contributed by atoms with E-state index >= 15 is 0 Å². The van der Waals surface area contributed by atoms with Crippen LogP contribution in [0.1, 0.15) is 28.0 Å². The Morgan fingerprint density at radius 3 is 2.70 bits per heavy atom. The van der Waals surface area contributed by atoms with Gasteiger partial charge in [-0.25, -0.2) is 4.98 Å². The second kappa shape index (κ2) is 11.0. The molecule has 1 amide bonds. The quantitative estimate of drug-likeness (QED) is 0.505. The molecule has 1 unspecified atom stereocenters. The van der Waals surface area contributed by atoms with Crippen LogP contribution in [0.3, 0.4) is 0 Å². The molecule has 1 aliphatic heterocycles. The largest absolute Gasteiger partial charge is 0.489 e. The Kier molecular flexibility index (Phi) is 7.85. The van der Waals surface area contributed by atoms with Gasteiger partial charge in [-0.3, -0.25) is 9.69 Å². The molecule has 6 nitrogen and oxygen atoms in total. The van der Waals surface area contributed by atoms with E-state index in [2.05, 4.69) is 38.3 Å². The third-order valence-corrected chi connectivity index (χ3v) is 6.60. The van der Waals surface area contributed by atoms with Crippen LogP contribution in [-0.2, 0) is 6.54 Å². The summed E-state index contributed by atoms with van der Waals surface area (Å²) in [6.07, 6.45) is -0.148. The minimum absolute atomic E-state index is 0.148. The first-order valence-corrected chi connectivity index (χ1v) is 12.4. The third kappa shape index (κ3) is 6.69. The Morgan fingerprint density at radius 1 is 1.18 bits per heavy atom. The van der Waals surface area contributed by atoms with Crippen molar-refractivity contribution in [1.82, 2.24) is 15.2 Å².